The molecule has 0 aromatic heterocycles. The van der Waals surface area contributed by atoms with E-state index in [1.165, 1.54) is 12.1 Å². The Morgan fingerprint density at radius 2 is 1.91 bits per heavy atom. The molecule has 1 aromatic carbocycles. The molecular weight excluding hydrogens is 323 g/mol. The highest BCUT2D eigenvalue weighted by atomic mass is 19.4. The van der Waals surface area contributed by atoms with Gasteiger partial charge in [0.2, 0.25) is 0 Å². The van der Waals surface area contributed by atoms with Gasteiger partial charge < -0.3 is 14.6 Å². The van der Waals surface area contributed by atoms with Gasteiger partial charge in [-0.1, -0.05) is 12.1 Å². The van der Waals surface area contributed by atoms with E-state index in [2.05, 4.69) is 0 Å². The lowest BCUT2D eigenvalue weighted by atomic mass is 10.1. The Kier molecular flexibility index (Phi) is 6.65. The number of ether oxygens (including phenoxy) is 2. The Hall–Kier alpha value is -1.99. The molecule has 0 fully saturated rings. The van der Waals surface area contributed by atoms with Gasteiger partial charge in [-0.15, -0.1) is 0 Å². The molecule has 1 aromatic rings. The van der Waals surface area contributed by atoms with E-state index in [1.54, 1.807) is 19.1 Å². The Morgan fingerprint density at radius 3 is 2.48 bits per heavy atom. The molecule has 0 atom stereocenters. The van der Waals surface area contributed by atoms with Crippen molar-refractivity contribution in [1.29, 1.82) is 0 Å². The van der Waals surface area contributed by atoms with E-state index in [1.807, 2.05) is 0 Å². The van der Waals surface area contributed by atoms with Crippen molar-refractivity contribution in [2.24, 2.45) is 0 Å². The third-order valence-electron chi connectivity index (χ3n) is 2.85. The minimum absolute atomic E-state index is 0.196. The number of benzene rings is 1. The molecule has 0 amide bonds. The van der Waals surface area contributed by atoms with Gasteiger partial charge in [-0.05, 0) is 25.5 Å². The van der Waals surface area contributed by atoms with E-state index in [-0.39, 0.29) is 18.1 Å². The van der Waals surface area contributed by atoms with Crippen LogP contribution < -0.4 is 4.74 Å². The van der Waals surface area contributed by atoms with Gasteiger partial charge in [0.05, 0.1) is 13.2 Å². The van der Waals surface area contributed by atoms with Crippen LogP contribution in [0.1, 0.15) is 25.3 Å². The summed E-state index contributed by atoms with van der Waals surface area (Å²) in [5.74, 6) is -4.25. The van der Waals surface area contributed by atoms with Gasteiger partial charge in [-0.25, -0.2) is 0 Å². The van der Waals surface area contributed by atoms with Crippen molar-refractivity contribution in [3.8, 4) is 5.75 Å². The van der Waals surface area contributed by atoms with Crippen LogP contribution in [-0.4, -0.2) is 30.4 Å². The molecular formula is C15H17F5O3. The fourth-order valence-corrected chi connectivity index (χ4v) is 1.72. The van der Waals surface area contributed by atoms with Crippen LogP contribution in [0, 0.1) is 0 Å². The minimum Gasteiger partial charge on any atom is -0.512 e. The first-order valence-electron chi connectivity index (χ1n) is 6.86. The second-order valence-corrected chi connectivity index (χ2v) is 4.61. The topological polar surface area (TPSA) is 38.7 Å². The summed E-state index contributed by atoms with van der Waals surface area (Å²) < 4.78 is 71.8. The summed E-state index contributed by atoms with van der Waals surface area (Å²) in [6, 6.07) is 6.21. The van der Waals surface area contributed by atoms with E-state index in [9.17, 15) is 22.0 Å². The Bertz CT molecular complexity index is 526. The fourth-order valence-electron chi connectivity index (χ4n) is 1.72. The molecule has 1 rings (SSSR count). The molecule has 130 valence electrons. The van der Waals surface area contributed by atoms with Gasteiger partial charge >= 0.3 is 12.1 Å². The van der Waals surface area contributed by atoms with E-state index in [0.29, 0.717) is 12.2 Å². The monoisotopic (exact) mass is 340 g/mol. The first kappa shape index (κ1) is 19.1. The van der Waals surface area contributed by atoms with Gasteiger partial charge in [0.15, 0.2) is 5.76 Å². The molecule has 0 aliphatic carbocycles. The highest BCUT2D eigenvalue weighted by Crippen LogP contribution is 2.38. The largest absolute Gasteiger partial charge is 0.512 e. The van der Waals surface area contributed by atoms with Crippen LogP contribution in [0.4, 0.5) is 22.0 Å². The van der Waals surface area contributed by atoms with Crippen LogP contribution in [0.2, 0.25) is 0 Å². The molecule has 8 heteroatoms. The maximum atomic E-state index is 12.7. The average molecular weight is 340 g/mol. The van der Waals surface area contributed by atoms with Crippen LogP contribution in [0.5, 0.6) is 5.75 Å². The molecule has 0 saturated heterocycles. The minimum atomic E-state index is -5.55. The van der Waals surface area contributed by atoms with Gasteiger partial charge in [-0.2, -0.15) is 22.0 Å². The quantitative estimate of drug-likeness (QED) is 0.414. The van der Waals surface area contributed by atoms with E-state index in [0.717, 1.165) is 6.26 Å². The molecule has 1 N–H and O–H groups in total. The van der Waals surface area contributed by atoms with Crippen molar-refractivity contribution in [2.45, 2.75) is 31.9 Å². The second kappa shape index (κ2) is 8.03. The van der Waals surface area contributed by atoms with Crippen LogP contribution in [0.25, 0.3) is 5.76 Å². The molecule has 0 heterocycles. The molecule has 0 radical (unpaired) electrons. The normalized spacial score (nSPS) is 13.0. The number of halogens is 5. The molecule has 0 bridgehead atoms. The number of hydrogen-bond donors (Lipinski definition) is 1. The summed E-state index contributed by atoms with van der Waals surface area (Å²) in [5, 5.41) is 9.06. The van der Waals surface area contributed by atoms with Crippen LogP contribution >= 0.6 is 0 Å². The lowest BCUT2D eigenvalue weighted by Gasteiger charge is -2.19. The Morgan fingerprint density at radius 1 is 1.22 bits per heavy atom. The highest BCUT2D eigenvalue weighted by Gasteiger charge is 2.56. The molecule has 0 aliphatic heterocycles. The van der Waals surface area contributed by atoms with Gasteiger partial charge in [0.25, 0.3) is 0 Å². The molecule has 3 nitrogen and oxygen atoms in total. The summed E-state index contributed by atoms with van der Waals surface area (Å²) in [5.41, 5.74) is 0.493. The highest BCUT2D eigenvalue weighted by molar-refractivity contribution is 5.60. The van der Waals surface area contributed by atoms with Crippen molar-refractivity contribution in [3.05, 3.63) is 36.1 Å². The van der Waals surface area contributed by atoms with Crippen LogP contribution in [0.15, 0.2) is 30.5 Å². The third-order valence-corrected chi connectivity index (χ3v) is 2.85. The molecule has 0 aliphatic rings. The van der Waals surface area contributed by atoms with Crippen molar-refractivity contribution in [2.75, 3.05) is 13.2 Å². The zero-order chi connectivity index (χ0) is 17.5. The predicted molar refractivity (Wildman–Crippen MR) is 74.4 cm³/mol. The number of alkyl halides is 5. The lowest BCUT2D eigenvalue weighted by Crippen LogP contribution is -2.36. The van der Waals surface area contributed by atoms with Crippen molar-refractivity contribution in [3.63, 3.8) is 0 Å². The van der Waals surface area contributed by atoms with Crippen molar-refractivity contribution < 1.29 is 36.5 Å². The number of aliphatic hydroxyl groups is 1. The zero-order valence-electron chi connectivity index (χ0n) is 12.4. The van der Waals surface area contributed by atoms with Gasteiger partial charge in [0, 0.05) is 12.0 Å². The predicted octanol–water partition coefficient (Wildman–Crippen LogP) is 4.94. The standard InChI is InChI=1S/C15H17F5O3/c1-2-22-13(10-21)11-5-3-6-12(9-11)23-8-4-7-14(16,17)15(18,19)20/h3,5-6,9-10,21H,2,4,7-8H2,1H3/b13-10+. The Labute approximate surface area is 130 Å². The summed E-state index contributed by atoms with van der Waals surface area (Å²) >= 11 is 0. The number of hydrogen-bond acceptors (Lipinski definition) is 3. The van der Waals surface area contributed by atoms with Crippen molar-refractivity contribution >= 4 is 5.76 Å². The number of rotatable bonds is 8. The maximum absolute atomic E-state index is 12.7. The summed E-state index contributed by atoms with van der Waals surface area (Å²) in [6.07, 6.45) is -6.57. The van der Waals surface area contributed by atoms with E-state index >= 15 is 0 Å². The fraction of sp³-hybridized carbons (Fsp3) is 0.467. The third kappa shape index (κ3) is 5.61. The summed E-state index contributed by atoms with van der Waals surface area (Å²) in [4.78, 5) is 0. The second-order valence-electron chi connectivity index (χ2n) is 4.61. The van der Waals surface area contributed by atoms with E-state index in [4.69, 9.17) is 14.6 Å². The first-order chi connectivity index (χ1) is 10.7. The molecule has 0 saturated carbocycles. The molecule has 0 unspecified atom stereocenters. The zero-order valence-corrected chi connectivity index (χ0v) is 12.4. The van der Waals surface area contributed by atoms with Crippen molar-refractivity contribution in [1.82, 2.24) is 0 Å². The van der Waals surface area contributed by atoms with E-state index < -0.39 is 24.9 Å². The SMILES string of the molecule is CCO/C(=C/O)c1cccc(OCCCC(F)(F)C(F)(F)F)c1. The van der Waals surface area contributed by atoms with Crippen LogP contribution in [-0.2, 0) is 4.74 Å². The summed E-state index contributed by atoms with van der Waals surface area (Å²) in [7, 11) is 0. The average Bonchev–Trinajstić information content (AvgIpc) is 2.48. The number of aliphatic hydroxyl groups excluding tert-OH is 1. The molecule has 0 spiro atoms. The maximum Gasteiger partial charge on any atom is 0.453 e. The summed E-state index contributed by atoms with van der Waals surface area (Å²) in [6.45, 7) is 1.76. The van der Waals surface area contributed by atoms with Gasteiger partial charge in [-0.3, -0.25) is 0 Å². The molecule has 23 heavy (non-hydrogen) atoms. The smallest absolute Gasteiger partial charge is 0.453 e. The van der Waals surface area contributed by atoms with Crippen LogP contribution in [0.3, 0.4) is 0 Å². The lowest BCUT2D eigenvalue weighted by molar-refractivity contribution is -0.284. The Balaban J connectivity index is 2.57. The first-order valence-corrected chi connectivity index (χ1v) is 6.86. The van der Waals surface area contributed by atoms with Gasteiger partial charge in [0.1, 0.15) is 12.0 Å².